The third-order valence-electron chi connectivity index (χ3n) is 5.74. The van der Waals surface area contributed by atoms with Crippen LogP contribution in [0, 0.1) is 0 Å². The topological polar surface area (TPSA) is 111 Å². The van der Waals surface area contributed by atoms with Crippen LogP contribution in [0.2, 0.25) is 0 Å². The van der Waals surface area contributed by atoms with Crippen LogP contribution in [0.5, 0.6) is 0 Å². The molecule has 0 aliphatic rings. The van der Waals surface area contributed by atoms with Gasteiger partial charge in [0, 0.05) is 16.9 Å². The standard InChI is InChI=1S/C26H20N6/c27-19-7-1-15(2-8-19)25-29-21-11-5-17(13-23(21)31-25)18-6-12-22-24(14-18)32-26(30-22)16-3-9-20(28)10-4-16/h1-14H,27-28H2,(H,29,31)(H,30,32)/p+1. The fraction of sp³-hybridized carbons (Fsp3) is 0. The number of H-pyrrole nitrogens is 3. The van der Waals surface area contributed by atoms with E-state index in [1.807, 2.05) is 54.6 Å². The Labute approximate surface area is 184 Å². The maximum Gasteiger partial charge on any atom is 0.285 e. The molecule has 6 rings (SSSR count). The second kappa shape index (κ2) is 6.99. The first kappa shape index (κ1) is 18.2. The van der Waals surface area contributed by atoms with Crippen molar-refractivity contribution in [2.45, 2.75) is 0 Å². The van der Waals surface area contributed by atoms with E-state index in [2.05, 4.69) is 45.3 Å². The van der Waals surface area contributed by atoms with Crippen LogP contribution < -0.4 is 16.5 Å². The zero-order chi connectivity index (χ0) is 21.7. The SMILES string of the molecule is Nc1ccc(-c2nc3ccc(-c4ccc5[nH+]c(-c6ccc(N)cc6)[nH]c5c4)cc3[nH]2)cc1. The molecule has 7 N–H and O–H groups in total. The highest BCUT2D eigenvalue weighted by atomic mass is 14.9. The Balaban J connectivity index is 1.37. The number of hydrogen-bond acceptors (Lipinski definition) is 3. The zero-order valence-electron chi connectivity index (χ0n) is 17.2. The first-order chi connectivity index (χ1) is 15.6. The van der Waals surface area contributed by atoms with Gasteiger partial charge < -0.3 is 16.5 Å². The highest BCUT2D eigenvalue weighted by Crippen LogP contribution is 2.28. The molecule has 0 aliphatic heterocycles. The molecule has 6 heteroatoms. The molecule has 0 saturated carbocycles. The number of nitrogen functional groups attached to an aromatic ring is 2. The van der Waals surface area contributed by atoms with Crippen molar-refractivity contribution in [2.75, 3.05) is 11.5 Å². The van der Waals surface area contributed by atoms with Crippen LogP contribution in [0.3, 0.4) is 0 Å². The highest BCUT2D eigenvalue weighted by Gasteiger charge is 2.14. The molecule has 0 spiro atoms. The molecule has 0 fully saturated rings. The number of anilines is 2. The number of hydrogen-bond donors (Lipinski definition) is 4. The van der Waals surface area contributed by atoms with Crippen molar-refractivity contribution in [1.82, 2.24) is 15.0 Å². The van der Waals surface area contributed by atoms with Crippen molar-refractivity contribution in [3.8, 4) is 33.9 Å². The molecule has 6 aromatic rings. The smallest absolute Gasteiger partial charge is 0.285 e. The van der Waals surface area contributed by atoms with Crippen LogP contribution in [0.25, 0.3) is 56.0 Å². The van der Waals surface area contributed by atoms with Crippen LogP contribution in [0.1, 0.15) is 0 Å². The van der Waals surface area contributed by atoms with Crippen LogP contribution in [0.4, 0.5) is 11.4 Å². The third kappa shape index (κ3) is 3.15. The van der Waals surface area contributed by atoms with Gasteiger partial charge in [0.25, 0.3) is 5.82 Å². The molecular weight excluding hydrogens is 396 g/mol. The van der Waals surface area contributed by atoms with Gasteiger partial charge >= 0.3 is 0 Å². The van der Waals surface area contributed by atoms with Gasteiger partial charge in [-0.05, 0) is 90.0 Å². The van der Waals surface area contributed by atoms with Crippen molar-refractivity contribution >= 4 is 33.4 Å². The van der Waals surface area contributed by atoms with E-state index >= 15 is 0 Å². The number of imidazole rings is 2. The van der Waals surface area contributed by atoms with Crippen molar-refractivity contribution in [3.63, 3.8) is 0 Å². The maximum atomic E-state index is 5.81. The molecule has 0 saturated heterocycles. The average Bonchev–Trinajstić information content (AvgIpc) is 3.43. The average molecular weight is 417 g/mol. The zero-order valence-corrected chi connectivity index (χ0v) is 17.2. The third-order valence-corrected chi connectivity index (χ3v) is 5.74. The van der Waals surface area contributed by atoms with Gasteiger partial charge in [0.15, 0.2) is 11.0 Å². The second-order valence-electron chi connectivity index (χ2n) is 7.95. The molecular formula is C26H21N6+. The Bertz CT molecular complexity index is 1450. The summed E-state index contributed by atoms with van der Waals surface area (Å²) in [6.07, 6.45) is 0. The molecule has 32 heavy (non-hydrogen) atoms. The van der Waals surface area contributed by atoms with Crippen LogP contribution in [0.15, 0.2) is 84.9 Å². The molecule has 0 aliphatic carbocycles. The number of aromatic amines is 3. The Hall–Kier alpha value is -4.58. The lowest BCUT2D eigenvalue weighted by Crippen LogP contribution is -2.02. The maximum absolute atomic E-state index is 5.81. The van der Waals surface area contributed by atoms with Gasteiger partial charge in [0.1, 0.15) is 5.82 Å². The van der Waals surface area contributed by atoms with Crippen LogP contribution in [-0.2, 0) is 0 Å². The predicted molar refractivity (Wildman–Crippen MR) is 130 cm³/mol. The molecule has 154 valence electrons. The first-order valence-corrected chi connectivity index (χ1v) is 10.4. The number of fused-ring (bicyclic) bond motifs is 2. The summed E-state index contributed by atoms with van der Waals surface area (Å²) in [6.45, 7) is 0. The summed E-state index contributed by atoms with van der Waals surface area (Å²) in [6, 6.07) is 28.2. The summed E-state index contributed by atoms with van der Waals surface area (Å²) in [4.78, 5) is 15.1. The van der Waals surface area contributed by atoms with Gasteiger partial charge in [-0.25, -0.2) is 15.0 Å². The van der Waals surface area contributed by atoms with E-state index in [1.165, 1.54) is 0 Å². The normalized spacial score (nSPS) is 11.4. The highest BCUT2D eigenvalue weighted by molar-refractivity contribution is 5.87. The number of rotatable bonds is 3. The van der Waals surface area contributed by atoms with Gasteiger partial charge in [-0.1, -0.05) is 6.07 Å². The Morgan fingerprint density at radius 3 is 1.91 bits per heavy atom. The number of nitrogens with zero attached hydrogens (tertiary/aromatic N) is 1. The number of aromatic nitrogens is 4. The van der Waals surface area contributed by atoms with Gasteiger partial charge in [-0.2, -0.15) is 0 Å². The largest absolute Gasteiger partial charge is 0.399 e. The molecule has 0 amide bonds. The van der Waals surface area contributed by atoms with Gasteiger partial charge in [-0.15, -0.1) is 0 Å². The van der Waals surface area contributed by atoms with Crippen molar-refractivity contribution in [3.05, 3.63) is 84.9 Å². The lowest BCUT2D eigenvalue weighted by atomic mass is 10.0. The van der Waals surface area contributed by atoms with Gasteiger partial charge in [0.05, 0.1) is 16.6 Å². The van der Waals surface area contributed by atoms with Crippen molar-refractivity contribution in [2.24, 2.45) is 0 Å². The minimum Gasteiger partial charge on any atom is -0.399 e. The van der Waals surface area contributed by atoms with E-state index in [-0.39, 0.29) is 0 Å². The minimum absolute atomic E-state index is 0.739. The van der Waals surface area contributed by atoms with Gasteiger partial charge in [-0.3, -0.25) is 0 Å². The van der Waals surface area contributed by atoms with Crippen molar-refractivity contribution in [1.29, 1.82) is 0 Å². The second-order valence-corrected chi connectivity index (χ2v) is 7.95. The molecule has 2 aromatic heterocycles. The van der Waals surface area contributed by atoms with Gasteiger partial charge in [0.2, 0.25) is 0 Å². The fourth-order valence-corrected chi connectivity index (χ4v) is 4.00. The Kier molecular flexibility index (Phi) is 3.98. The summed E-state index contributed by atoms with van der Waals surface area (Å²) < 4.78 is 0. The number of benzene rings is 4. The summed E-state index contributed by atoms with van der Waals surface area (Å²) in [7, 11) is 0. The lowest BCUT2D eigenvalue weighted by Gasteiger charge is -2.00. The summed E-state index contributed by atoms with van der Waals surface area (Å²) in [5.41, 5.74) is 21.4. The Morgan fingerprint density at radius 1 is 0.594 bits per heavy atom. The van der Waals surface area contributed by atoms with E-state index in [1.54, 1.807) is 0 Å². The lowest BCUT2D eigenvalue weighted by molar-refractivity contribution is -0.330. The van der Waals surface area contributed by atoms with E-state index in [0.29, 0.717) is 0 Å². The summed E-state index contributed by atoms with van der Waals surface area (Å²) in [5.74, 6) is 1.79. The molecule has 0 radical (unpaired) electrons. The van der Waals surface area contributed by atoms with E-state index in [9.17, 15) is 0 Å². The molecule has 4 aromatic carbocycles. The minimum atomic E-state index is 0.739. The van der Waals surface area contributed by atoms with Crippen molar-refractivity contribution < 1.29 is 4.98 Å². The first-order valence-electron chi connectivity index (χ1n) is 10.4. The quantitative estimate of drug-likeness (QED) is 0.303. The molecule has 0 unspecified atom stereocenters. The summed E-state index contributed by atoms with van der Waals surface area (Å²) in [5, 5.41) is 0. The molecule has 0 bridgehead atoms. The molecule has 2 heterocycles. The fourth-order valence-electron chi connectivity index (χ4n) is 4.00. The number of nitrogens with two attached hydrogens (primary N) is 2. The van der Waals surface area contributed by atoms with Crippen LogP contribution in [-0.4, -0.2) is 15.0 Å². The van der Waals surface area contributed by atoms with E-state index in [4.69, 9.17) is 16.5 Å². The number of nitrogens with one attached hydrogen (secondary N) is 3. The van der Waals surface area contributed by atoms with Crippen LogP contribution >= 0.6 is 0 Å². The summed E-state index contributed by atoms with van der Waals surface area (Å²) >= 11 is 0. The van der Waals surface area contributed by atoms with E-state index in [0.717, 1.165) is 67.3 Å². The molecule has 6 nitrogen and oxygen atoms in total. The van der Waals surface area contributed by atoms with E-state index < -0.39 is 0 Å². The Morgan fingerprint density at radius 2 is 1.19 bits per heavy atom. The monoisotopic (exact) mass is 417 g/mol. The predicted octanol–water partition coefficient (Wildman–Crippen LogP) is 5.02. The molecule has 0 atom stereocenters.